The van der Waals surface area contributed by atoms with Gasteiger partial charge in [0.15, 0.2) is 9.99 Å². The van der Waals surface area contributed by atoms with E-state index in [0.717, 1.165) is 40.1 Å². The quantitative estimate of drug-likeness (QED) is 0.671. The van der Waals surface area contributed by atoms with Crippen molar-refractivity contribution in [3.8, 4) is 0 Å². The molecule has 130 valence electrons. The number of benzene rings is 1. The molecule has 5 nitrogen and oxygen atoms in total. The molecule has 1 fully saturated rings. The monoisotopic (exact) mass is 371 g/mol. The maximum atomic E-state index is 4.52. The van der Waals surface area contributed by atoms with Gasteiger partial charge < -0.3 is 10.2 Å². The molecule has 0 radical (unpaired) electrons. The molecule has 3 heterocycles. The van der Waals surface area contributed by atoms with Gasteiger partial charge in [0.1, 0.15) is 16.8 Å². The maximum absolute atomic E-state index is 4.52. The molecule has 2 aromatic heterocycles. The number of hydrogen-bond acceptors (Lipinski definition) is 7. The molecule has 3 aromatic rings. The molecule has 0 saturated carbocycles. The van der Waals surface area contributed by atoms with E-state index in [-0.39, 0.29) is 0 Å². The predicted molar refractivity (Wildman–Crippen MR) is 107 cm³/mol. The largest absolute Gasteiger partial charge is 0.371 e. The number of aromatic nitrogens is 3. The highest BCUT2D eigenvalue weighted by Gasteiger charge is 2.15. The predicted octanol–water partition coefficient (Wildman–Crippen LogP) is 4.41. The molecule has 4 rings (SSSR count). The van der Waals surface area contributed by atoms with Crippen molar-refractivity contribution < 1.29 is 0 Å². The summed E-state index contributed by atoms with van der Waals surface area (Å²) < 4.78 is 2.05. The molecule has 0 atom stereocenters. The van der Waals surface area contributed by atoms with Crippen molar-refractivity contribution in [2.24, 2.45) is 0 Å². The zero-order chi connectivity index (χ0) is 17.1. The van der Waals surface area contributed by atoms with Crippen LogP contribution in [0.3, 0.4) is 0 Å². The number of thiazole rings is 1. The fourth-order valence-electron chi connectivity index (χ4n) is 3.23. The van der Waals surface area contributed by atoms with Crippen LogP contribution in [-0.4, -0.2) is 34.3 Å². The second-order valence-electron chi connectivity index (χ2n) is 6.09. The Hall–Kier alpha value is -1.86. The lowest BCUT2D eigenvalue weighted by Gasteiger charge is -2.30. The van der Waals surface area contributed by atoms with Gasteiger partial charge in [-0.2, -0.15) is 0 Å². The van der Waals surface area contributed by atoms with Crippen molar-refractivity contribution >= 4 is 45.0 Å². The van der Waals surface area contributed by atoms with Gasteiger partial charge in [0.2, 0.25) is 0 Å². The van der Waals surface area contributed by atoms with Gasteiger partial charge in [0, 0.05) is 25.3 Å². The van der Waals surface area contributed by atoms with E-state index in [1.807, 2.05) is 6.26 Å². The number of nitrogens with zero attached hydrogens (tertiary/aromatic N) is 4. The molecule has 1 saturated heterocycles. The number of fused-ring (bicyclic) bond motifs is 1. The molecule has 1 aliphatic heterocycles. The summed E-state index contributed by atoms with van der Waals surface area (Å²) in [5.41, 5.74) is 3.43. The van der Waals surface area contributed by atoms with Gasteiger partial charge in [-0.05, 0) is 37.1 Å². The van der Waals surface area contributed by atoms with Crippen molar-refractivity contribution in [3.05, 3.63) is 36.2 Å². The van der Waals surface area contributed by atoms with Gasteiger partial charge in [-0.25, -0.2) is 15.0 Å². The summed E-state index contributed by atoms with van der Waals surface area (Å²) in [7, 11) is 0. The van der Waals surface area contributed by atoms with Crippen molar-refractivity contribution in [3.63, 3.8) is 0 Å². The second-order valence-corrected chi connectivity index (χ2v) is 8.14. The number of rotatable bonds is 5. The SMILES string of the molecule is CSc1nc2ncnc(NCc3ccccc3N3CCCCC3)c2s1. The molecule has 0 unspecified atom stereocenters. The van der Waals surface area contributed by atoms with Crippen LogP contribution in [0.25, 0.3) is 10.3 Å². The first-order chi connectivity index (χ1) is 12.3. The Balaban J connectivity index is 1.57. The van der Waals surface area contributed by atoms with E-state index in [1.165, 1.54) is 30.5 Å². The smallest absolute Gasteiger partial charge is 0.176 e. The topological polar surface area (TPSA) is 53.9 Å². The first kappa shape index (κ1) is 16.6. The Morgan fingerprint density at radius 3 is 2.84 bits per heavy atom. The second kappa shape index (κ2) is 7.58. The third kappa shape index (κ3) is 3.57. The molecule has 0 spiro atoms. The molecular formula is C18H21N5S2. The minimum absolute atomic E-state index is 0.755. The van der Waals surface area contributed by atoms with Gasteiger partial charge in [-0.1, -0.05) is 30.0 Å². The fourth-order valence-corrected chi connectivity index (χ4v) is 4.71. The van der Waals surface area contributed by atoms with E-state index in [4.69, 9.17) is 0 Å². The maximum Gasteiger partial charge on any atom is 0.176 e. The van der Waals surface area contributed by atoms with Gasteiger partial charge in [-0.3, -0.25) is 0 Å². The number of para-hydroxylation sites is 1. The van der Waals surface area contributed by atoms with E-state index < -0.39 is 0 Å². The zero-order valence-corrected chi connectivity index (χ0v) is 15.9. The summed E-state index contributed by atoms with van der Waals surface area (Å²) in [5, 5.41) is 3.50. The molecule has 7 heteroatoms. The third-order valence-electron chi connectivity index (χ3n) is 4.48. The summed E-state index contributed by atoms with van der Waals surface area (Å²) in [5.74, 6) is 0.872. The Kier molecular flexibility index (Phi) is 5.03. The van der Waals surface area contributed by atoms with E-state index in [0.29, 0.717) is 0 Å². The molecule has 0 bridgehead atoms. The van der Waals surface area contributed by atoms with Crippen LogP contribution in [-0.2, 0) is 6.54 Å². The number of nitrogens with one attached hydrogen (secondary N) is 1. The highest BCUT2D eigenvalue weighted by molar-refractivity contribution is 8.00. The standard InChI is InChI=1S/C18H21N5S2/c1-24-18-22-17-15(25-18)16(20-12-21-17)19-11-13-7-3-4-8-14(13)23-9-5-2-6-10-23/h3-4,7-8,12H,2,5-6,9-11H2,1H3,(H,19,20,21). The lowest BCUT2D eigenvalue weighted by Crippen LogP contribution is -2.30. The number of hydrogen-bond donors (Lipinski definition) is 1. The van der Waals surface area contributed by atoms with Gasteiger partial charge in [0.25, 0.3) is 0 Å². The summed E-state index contributed by atoms with van der Waals surface area (Å²) in [6, 6.07) is 8.68. The third-order valence-corrected chi connectivity index (χ3v) is 6.52. The number of thioether (sulfide) groups is 1. The van der Waals surface area contributed by atoms with Crippen LogP contribution >= 0.6 is 23.1 Å². The lowest BCUT2D eigenvalue weighted by molar-refractivity contribution is 0.576. The normalized spacial score (nSPS) is 14.8. The van der Waals surface area contributed by atoms with Crippen LogP contribution in [0.1, 0.15) is 24.8 Å². The van der Waals surface area contributed by atoms with Gasteiger partial charge in [0.05, 0.1) is 0 Å². The first-order valence-corrected chi connectivity index (χ1v) is 10.6. The Morgan fingerprint density at radius 2 is 2.00 bits per heavy atom. The minimum atomic E-state index is 0.755. The van der Waals surface area contributed by atoms with E-state index in [2.05, 4.69) is 49.4 Å². The van der Waals surface area contributed by atoms with Crippen LogP contribution in [0.5, 0.6) is 0 Å². The molecule has 0 amide bonds. The summed E-state index contributed by atoms with van der Waals surface area (Å²) >= 11 is 3.29. The lowest BCUT2D eigenvalue weighted by atomic mass is 10.1. The average molecular weight is 372 g/mol. The van der Waals surface area contributed by atoms with Crippen molar-refractivity contribution in [1.29, 1.82) is 0 Å². The Morgan fingerprint density at radius 1 is 1.16 bits per heavy atom. The van der Waals surface area contributed by atoms with Crippen molar-refractivity contribution in [1.82, 2.24) is 15.0 Å². The number of anilines is 2. The van der Waals surface area contributed by atoms with Crippen LogP contribution in [0.15, 0.2) is 34.9 Å². The summed E-state index contributed by atoms with van der Waals surface area (Å²) in [6.45, 7) is 3.06. The molecule has 1 aliphatic rings. The van der Waals surface area contributed by atoms with Crippen LogP contribution in [0.2, 0.25) is 0 Å². The van der Waals surface area contributed by atoms with E-state index >= 15 is 0 Å². The molecule has 1 N–H and O–H groups in total. The van der Waals surface area contributed by atoms with Gasteiger partial charge in [-0.15, -0.1) is 11.3 Å². The Bertz CT molecular complexity index is 858. The summed E-state index contributed by atoms with van der Waals surface area (Å²) in [6.07, 6.45) is 7.54. The molecule has 1 aromatic carbocycles. The van der Waals surface area contributed by atoms with Gasteiger partial charge >= 0.3 is 0 Å². The van der Waals surface area contributed by atoms with E-state index in [1.54, 1.807) is 29.4 Å². The van der Waals surface area contributed by atoms with Crippen LogP contribution in [0.4, 0.5) is 11.5 Å². The highest BCUT2D eigenvalue weighted by atomic mass is 32.2. The fraction of sp³-hybridized carbons (Fsp3) is 0.389. The zero-order valence-electron chi connectivity index (χ0n) is 14.2. The van der Waals surface area contributed by atoms with E-state index in [9.17, 15) is 0 Å². The highest BCUT2D eigenvalue weighted by Crippen LogP contribution is 2.31. The van der Waals surface area contributed by atoms with Crippen molar-refractivity contribution in [2.75, 3.05) is 29.6 Å². The summed E-state index contributed by atoms with van der Waals surface area (Å²) in [4.78, 5) is 15.7. The van der Waals surface area contributed by atoms with Crippen molar-refractivity contribution in [2.45, 2.75) is 30.1 Å². The Labute approximate surface area is 155 Å². The molecule has 0 aliphatic carbocycles. The van der Waals surface area contributed by atoms with Crippen LogP contribution < -0.4 is 10.2 Å². The number of piperidine rings is 1. The van der Waals surface area contributed by atoms with Crippen LogP contribution in [0, 0.1) is 0 Å². The molecule has 25 heavy (non-hydrogen) atoms. The molecular weight excluding hydrogens is 350 g/mol. The average Bonchev–Trinajstić information content (AvgIpc) is 3.11. The minimum Gasteiger partial charge on any atom is -0.371 e. The first-order valence-electron chi connectivity index (χ1n) is 8.57.